The summed E-state index contributed by atoms with van der Waals surface area (Å²) in [5, 5.41) is 9.66. The molecule has 0 fully saturated rings. The van der Waals surface area contributed by atoms with Gasteiger partial charge in [-0.1, -0.05) is 12.1 Å². The summed E-state index contributed by atoms with van der Waals surface area (Å²) < 4.78 is 10.5. The van der Waals surface area contributed by atoms with Crippen LogP contribution in [0.2, 0.25) is 0 Å². The van der Waals surface area contributed by atoms with Crippen LogP contribution in [0.25, 0.3) is 0 Å². The first kappa shape index (κ1) is 19.4. The van der Waals surface area contributed by atoms with Crippen molar-refractivity contribution in [1.82, 2.24) is 5.32 Å². The van der Waals surface area contributed by atoms with E-state index in [4.69, 9.17) is 9.47 Å². The van der Waals surface area contributed by atoms with Gasteiger partial charge < -0.3 is 20.1 Å². The average molecular weight is 427 g/mol. The Balaban J connectivity index is 1.32. The zero-order valence-electron chi connectivity index (χ0n) is 15.3. The molecule has 4 rings (SSSR count). The Bertz CT molecular complexity index is 1020. The molecule has 1 aliphatic heterocycles. The van der Waals surface area contributed by atoms with E-state index in [1.165, 1.54) is 5.56 Å². The van der Waals surface area contributed by atoms with Crippen molar-refractivity contribution in [3.05, 3.63) is 70.4 Å². The van der Waals surface area contributed by atoms with Crippen molar-refractivity contribution in [1.29, 1.82) is 0 Å². The highest BCUT2D eigenvalue weighted by Crippen LogP contribution is 2.32. The Labute approximate surface area is 176 Å². The number of rotatable bonds is 7. The van der Waals surface area contributed by atoms with Crippen LogP contribution in [0.15, 0.2) is 64.2 Å². The Morgan fingerprint density at radius 1 is 1.07 bits per heavy atom. The van der Waals surface area contributed by atoms with E-state index in [0.717, 1.165) is 16.3 Å². The van der Waals surface area contributed by atoms with Gasteiger partial charge in [0.15, 0.2) is 11.5 Å². The Morgan fingerprint density at radius 2 is 1.93 bits per heavy atom. The van der Waals surface area contributed by atoms with Crippen molar-refractivity contribution >= 4 is 40.6 Å². The largest absolute Gasteiger partial charge is 0.454 e. The minimum atomic E-state index is -0.349. The Hall–Kier alpha value is -2.97. The minimum Gasteiger partial charge on any atom is -0.454 e. The Morgan fingerprint density at radius 3 is 2.79 bits per heavy atom. The topological polar surface area (TPSA) is 76.7 Å². The Kier molecular flexibility index (Phi) is 6.02. The number of thiophene rings is 1. The lowest BCUT2D eigenvalue weighted by molar-refractivity contribution is -0.115. The number of anilines is 1. The molecule has 0 saturated heterocycles. The molecule has 2 heterocycles. The smallest absolute Gasteiger partial charge is 0.251 e. The van der Waals surface area contributed by atoms with Crippen LogP contribution in [0.4, 0.5) is 5.69 Å². The number of benzene rings is 2. The molecule has 6 nitrogen and oxygen atoms in total. The summed E-state index contributed by atoms with van der Waals surface area (Å²) in [6, 6.07) is 14.6. The molecule has 8 heteroatoms. The van der Waals surface area contributed by atoms with Crippen molar-refractivity contribution in [2.45, 2.75) is 10.6 Å². The van der Waals surface area contributed by atoms with E-state index in [0.29, 0.717) is 17.1 Å². The zero-order valence-corrected chi connectivity index (χ0v) is 17.0. The van der Waals surface area contributed by atoms with Gasteiger partial charge in [-0.2, -0.15) is 11.3 Å². The molecule has 0 unspecified atom stereocenters. The fourth-order valence-corrected chi connectivity index (χ4v) is 4.45. The van der Waals surface area contributed by atoms with Crippen molar-refractivity contribution in [3.63, 3.8) is 0 Å². The van der Waals surface area contributed by atoms with Gasteiger partial charge in [-0.25, -0.2) is 0 Å². The lowest BCUT2D eigenvalue weighted by Gasteiger charge is -2.11. The fraction of sp³-hybridized carbons (Fsp3) is 0.143. The number of hydrogen-bond donors (Lipinski definition) is 2. The van der Waals surface area contributed by atoms with Gasteiger partial charge >= 0.3 is 0 Å². The molecule has 2 aromatic carbocycles. The van der Waals surface area contributed by atoms with Crippen LogP contribution in [-0.2, 0) is 10.5 Å². The molecule has 148 valence electrons. The first-order valence-corrected chi connectivity index (χ1v) is 10.8. The van der Waals surface area contributed by atoms with Gasteiger partial charge in [0.25, 0.3) is 5.91 Å². The summed E-state index contributed by atoms with van der Waals surface area (Å²) in [6.45, 7) is 0.0173. The normalized spacial score (nSPS) is 11.9. The van der Waals surface area contributed by atoms with E-state index in [1.54, 1.807) is 41.3 Å². The number of ether oxygens (including phenoxy) is 2. The van der Waals surface area contributed by atoms with E-state index in [1.807, 2.05) is 29.6 Å². The molecular formula is C21H18N2O4S2. The third kappa shape index (κ3) is 4.90. The fourth-order valence-electron chi connectivity index (χ4n) is 2.73. The summed E-state index contributed by atoms with van der Waals surface area (Å²) in [5.41, 5.74) is 2.39. The van der Waals surface area contributed by atoms with E-state index in [9.17, 15) is 9.59 Å². The van der Waals surface area contributed by atoms with Gasteiger partial charge in [0.1, 0.15) is 0 Å². The summed E-state index contributed by atoms with van der Waals surface area (Å²) in [4.78, 5) is 25.6. The van der Waals surface area contributed by atoms with E-state index < -0.39 is 0 Å². The number of amides is 2. The second-order valence-electron chi connectivity index (χ2n) is 6.22. The van der Waals surface area contributed by atoms with Crippen LogP contribution < -0.4 is 20.1 Å². The molecule has 2 amide bonds. The lowest BCUT2D eigenvalue weighted by atomic mass is 10.2. The lowest BCUT2D eigenvalue weighted by Crippen LogP contribution is -2.32. The van der Waals surface area contributed by atoms with Gasteiger partial charge in [-0.05, 0) is 52.7 Å². The van der Waals surface area contributed by atoms with E-state index in [-0.39, 0.29) is 25.2 Å². The summed E-state index contributed by atoms with van der Waals surface area (Å²) >= 11 is 3.32. The van der Waals surface area contributed by atoms with Gasteiger partial charge in [0.05, 0.1) is 12.2 Å². The highest BCUT2D eigenvalue weighted by atomic mass is 32.2. The molecule has 1 aromatic heterocycles. The summed E-state index contributed by atoms with van der Waals surface area (Å²) in [7, 11) is 0. The molecule has 0 atom stereocenters. The van der Waals surface area contributed by atoms with Crippen LogP contribution in [-0.4, -0.2) is 25.2 Å². The van der Waals surface area contributed by atoms with Gasteiger partial charge in [-0.3, -0.25) is 9.59 Å². The highest BCUT2D eigenvalue weighted by Gasteiger charge is 2.17. The first-order valence-electron chi connectivity index (χ1n) is 8.89. The maximum absolute atomic E-state index is 12.3. The van der Waals surface area contributed by atoms with E-state index in [2.05, 4.69) is 22.1 Å². The quantitative estimate of drug-likeness (QED) is 0.556. The predicted octanol–water partition coefficient (Wildman–Crippen LogP) is 4.14. The predicted molar refractivity (Wildman–Crippen MR) is 114 cm³/mol. The number of thioether (sulfide) groups is 1. The maximum Gasteiger partial charge on any atom is 0.251 e. The van der Waals surface area contributed by atoms with E-state index >= 15 is 0 Å². The third-order valence-electron chi connectivity index (χ3n) is 4.18. The second-order valence-corrected chi connectivity index (χ2v) is 8.01. The molecule has 0 radical (unpaired) electrons. The van der Waals surface area contributed by atoms with Crippen LogP contribution in [0.5, 0.6) is 11.5 Å². The van der Waals surface area contributed by atoms with Gasteiger partial charge in [-0.15, -0.1) is 11.8 Å². The molecule has 2 N–H and O–H groups in total. The zero-order chi connectivity index (χ0) is 20.1. The maximum atomic E-state index is 12.3. The number of nitrogens with one attached hydrogen (secondary N) is 2. The SMILES string of the molecule is O=C(CNC(=O)c1ccc2c(c1)OCO2)Nc1ccccc1SCc1ccsc1. The number of carbonyl (C=O) groups is 2. The number of hydrogen-bond acceptors (Lipinski definition) is 6. The summed E-state index contributed by atoms with van der Waals surface area (Å²) in [6.07, 6.45) is 0. The molecule has 29 heavy (non-hydrogen) atoms. The molecule has 0 bridgehead atoms. The number of fused-ring (bicyclic) bond motifs is 1. The first-order chi connectivity index (χ1) is 14.2. The summed E-state index contributed by atoms with van der Waals surface area (Å²) in [5.74, 6) is 1.33. The standard InChI is InChI=1S/C21H18N2O4S2/c24-20(10-22-21(25)15-5-6-17-18(9-15)27-13-26-17)23-16-3-1-2-4-19(16)29-12-14-7-8-28-11-14/h1-9,11H,10,12-13H2,(H,22,25)(H,23,24). The van der Waals surface area contributed by atoms with Gasteiger partial charge in [0, 0.05) is 16.2 Å². The molecule has 1 aliphatic rings. The molecule has 0 saturated carbocycles. The average Bonchev–Trinajstić information content (AvgIpc) is 3.42. The number of para-hydroxylation sites is 1. The van der Waals surface area contributed by atoms with Gasteiger partial charge in [0.2, 0.25) is 12.7 Å². The second kappa shape index (κ2) is 9.02. The van der Waals surface area contributed by atoms with Crippen LogP contribution in [0.3, 0.4) is 0 Å². The van der Waals surface area contributed by atoms with Crippen molar-refractivity contribution in [2.75, 3.05) is 18.7 Å². The molecule has 0 spiro atoms. The van der Waals surface area contributed by atoms with Crippen LogP contribution in [0.1, 0.15) is 15.9 Å². The van der Waals surface area contributed by atoms with Crippen LogP contribution >= 0.6 is 23.1 Å². The molecular weight excluding hydrogens is 408 g/mol. The minimum absolute atomic E-state index is 0.128. The monoisotopic (exact) mass is 426 g/mol. The van der Waals surface area contributed by atoms with Crippen molar-refractivity contribution in [2.24, 2.45) is 0 Å². The van der Waals surface area contributed by atoms with Crippen molar-refractivity contribution in [3.8, 4) is 11.5 Å². The molecule has 3 aromatic rings. The van der Waals surface area contributed by atoms with Crippen LogP contribution in [0, 0.1) is 0 Å². The third-order valence-corrected chi connectivity index (χ3v) is 6.06. The number of carbonyl (C=O) groups excluding carboxylic acids is 2. The highest BCUT2D eigenvalue weighted by molar-refractivity contribution is 7.98. The molecule has 0 aliphatic carbocycles. The van der Waals surface area contributed by atoms with Crippen molar-refractivity contribution < 1.29 is 19.1 Å².